The van der Waals surface area contributed by atoms with Gasteiger partial charge in [0.15, 0.2) is 4.88 Å². The predicted molar refractivity (Wildman–Crippen MR) is 65.6 cm³/mol. The Kier molecular flexibility index (Phi) is 3.21. The molecule has 4 nitrogen and oxygen atoms in total. The molecule has 0 bridgehead atoms. The van der Waals surface area contributed by atoms with E-state index in [4.69, 9.17) is 10.5 Å². The SMILES string of the molecule is Nc1cnsc1C(=O)Oc1ccc(Br)cc1. The number of carbonyl (C=O) groups is 1. The second-order valence-electron chi connectivity index (χ2n) is 2.95. The van der Waals surface area contributed by atoms with Crippen molar-refractivity contribution in [3.8, 4) is 5.75 Å². The average Bonchev–Trinajstić information content (AvgIpc) is 2.68. The largest absolute Gasteiger partial charge is 0.422 e. The van der Waals surface area contributed by atoms with Crippen LogP contribution in [0, 0.1) is 0 Å². The molecule has 0 amide bonds. The number of nitrogens with zero attached hydrogens (tertiary/aromatic N) is 1. The maximum absolute atomic E-state index is 11.6. The molecule has 0 atom stereocenters. The van der Waals surface area contributed by atoms with Gasteiger partial charge in [0.2, 0.25) is 0 Å². The molecule has 0 aliphatic carbocycles. The van der Waals surface area contributed by atoms with Crippen molar-refractivity contribution in [3.63, 3.8) is 0 Å². The van der Waals surface area contributed by atoms with Gasteiger partial charge in [0.25, 0.3) is 0 Å². The van der Waals surface area contributed by atoms with Gasteiger partial charge in [-0.15, -0.1) is 0 Å². The summed E-state index contributed by atoms with van der Waals surface area (Å²) in [6.07, 6.45) is 1.43. The van der Waals surface area contributed by atoms with E-state index in [9.17, 15) is 4.79 Å². The zero-order valence-corrected chi connectivity index (χ0v) is 10.4. The first-order valence-electron chi connectivity index (χ1n) is 4.34. The molecule has 1 heterocycles. The van der Waals surface area contributed by atoms with Crippen LogP contribution in [0.15, 0.2) is 34.9 Å². The molecule has 0 radical (unpaired) electrons. The molecule has 0 saturated carbocycles. The summed E-state index contributed by atoms with van der Waals surface area (Å²) in [7, 11) is 0. The van der Waals surface area contributed by atoms with E-state index < -0.39 is 5.97 Å². The molecule has 16 heavy (non-hydrogen) atoms. The Bertz CT molecular complexity index is 510. The number of nitrogens with two attached hydrogens (primary N) is 1. The quantitative estimate of drug-likeness (QED) is 0.684. The number of nitrogen functional groups attached to an aromatic ring is 1. The van der Waals surface area contributed by atoms with Crippen LogP contribution in [-0.4, -0.2) is 10.3 Å². The zero-order valence-electron chi connectivity index (χ0n) is 8.01. The second-order valence-corrected chi connectivity index (χ2v) is 4.67. The standard InChI is InChI=1S/C10H7BrN2O2S/c11-6-1-3-7(4-2-6)15-10(14)9-8(12)5-13-16-9/h1-5H,12H2. The van der Waals surface area contributed by atoms with Crippen LogP contribution in [0.4, 0.5) is 5.69 Å². The van der Waals surface area contributed by atoms with Gasteiger partial charge in [-0.3, -0.25) is 0 Å². The van der Waals surface area contributed by atoms with E-state index in [1.165, 1.54) is 6.20 Å². The summed E-state index contributed by atoms with van der Waals surface area (Å²) in [5.41, 5.74) is 5.90. The summed E-state index contributed by atoms with van der Waals surface area (Å²) in [5, 5.41) is 0. The fraction of sp³-hybridized carbons (Fsp3) is 0. The number of esters is 1. The van der Waals surface area contributed by atoms with Crippen molar-refractivity contribution in [3.05, 3.63) is 39.8 Å². The van der Waals surface area contributed by atoms with Gasteiger partial charge in [0, 0.05) is 4.47 Å². The van der Waals surface area contributed by atoms with Crippen LogP contribution in [0.1, 0.15) is 9.67 Å². The number of aromatic nitrogens is 1. The van der Waals surface area contributed by atoms with Gasteiger partial charge in [-0.1, -0.05) is 15.9 Å². The topological polar surface area (TPSA) is 65.2 Å². The van der Waals surface area contributed by atoms with Crippen molar-refractivity contribution in [2.24, 2.45) is 0 Å². The van der Waals surface area contributed by atoms with Gasteiger partial charge in [0.1, 0.15) is 5.75 Å². The number of hydrogen-bond donors (Lipinski definition) is 1. The molecule has 1 aromatic heterocycles. The monoisotopic (exact) mass is 298 g/mol. The molecule has 82 valence electrons. The highest BCUT2D eigenvalue weighted by Crippen LogP contribution is 2.20. The van der Waals surface area contributed by atoms with Crippen molar-refractivity contribution < 1.29 is 9.53 Å². The summed E-state index contributed by atoms with van der Waals surface area (Å²) >= 11 is 4.31. The maximum Gasteiger partial charge on any atom is 0.357 e. The summed E-state index contributed by atoms with van der Waals surface area (Å²) < 4.78 is 9.85. The summed E-state index contributed by atoms with van der Waals surface area (Å²) in [5.74, 6) is -0.0108. The van der Waals surface area contributed by atoms with Gasteiger partial charge >= 0.3 is 5.97 Å². The highest BCUT2D eigenvalue weighted by molar-refractivity contribution is 9.10. The number of rotatable bonds is 2. The van der Waals surface area contributed by atoms with Crippen LogP contribution in [0.2, 0.25) is 0 Å². The fourth-order valence-corrected chi connectivity index (χ4v) is 1.87. The first-order chi connectivity index (χ1) is 7.66. The van der Waals surface area contributed by atoms with Crippen LogP contribution >= 0.6 is 27.5 Å². The number of halogens is 1. The van der Waals surface area contributed by atoms with Crippen molar-refractivity contribution in [2.75, 3.05) is 5.73 Å². The molecule has 2 rings (SSSR count). The molecular formula is C10H7BrN2O2S. The molecule has 0 unspecified atom stereocenters. The number of anilines is 1. The van der Waals surface area contributed by atoms with E-state index in [0.29, 0.717) is 16.3 Å². The molecule has 0 fully saturated rings. The van der Waals surface area contributed by atoms with Gasteiger partial charge in [-0.05, 0) is 35.8 Å². The smallest absolute Gasteiger partial charge is 0.357 e. The summed E-state index contributed by atoms with van der Waals surface area (Å²) in [4.78, 5) is 12.0. The minimum absolute atomic E-state index is 0.322. The lowest BCUT2D eigenvalue weighted by atomic mass is 10.3. The second kappa shape index (κ2) is 4.63. The first kappa shape index (κ1) is 11.1. The average molecular weight is 299 g/mol. The lowest BCUT2D eigenvalue weighted by Gasteiger charge is -2.02. The number of hydrogen-bond acceptors (Lipinski definition) is 5. The molecule has 6 heteroatoms. The Hall–Kier alpha value is -1.40. The van der Waals surface area contributed by atoms with Crippen LogP contribution in [-0.2, 0) is 0 Å². The van der Waals surface area contributed by atoms with E-state index in [0.717, 1.165) is 16.0 Å². The molecule has 2 aromatic rings. The number of ether oxygens (including phenoxy) is 1. The predicted octanol–water partition coefficient (Wildman–Crippen LogP) is 2.71. The third-order valence-electron chi connectivity index (χ3n) is 1.81. The Morgan fingerprint density at radius 2 is 2.06 bits per heavy atom. The van der Waals surface area contributed by atoms with Crippen molar-refractivity contribution in [1.82, 2.24) is 4.37 Å². The normalized spacial score (nSPS) is 10.1. The highest BCUT2D eigenvalue weighted by atomic mass is 79.9. The van der Waals surface area contributed by atoms with Crippen molar-refractivity contribution in [2.45, 2.75) is 0 Å². The molecule has 0 aliphatic heterocycles. The number of carbonyl (C=O) groups excluding carboxylic acids is 1. The van der Waals surface area contributed by atoms with Crippen LogP contribution < -0.4 is 10.5 Å². The van der Waals surface area contributed by atoms with Gasteiger partial charge in [-0.25, -0.2) is 4.79 Å². The maximum atomic E-state index is 11.6. The molecule has 1 aromatic carbocycles. The van der Waals surface area contributed by atoms with Crippen LogP contribution in [0.3, 0.4) is 0 Å². The summed E-state index contributed by atoms with van der Waals surface area (Å²) in [6, 6.07) is 6.97. The fourth-order valence-electron chi connectivity index (χ4n) is 1.06. The zero-order chi connectivity index (χ0) is 11.5. The van der Waals surface area contributed by atoms with E-state index >= 15 is 0 Å². The third-order valence-corrected chi connectivity index (χ3v) is 3.13. The Balaban J connectivity index is 2.14. The lowest BCUT2D eigenvalue weighted by molar-refractivity contribution is 0.0741. The molecule has 2 N–H and O–H groups in total. The third kappa shape index (κ3) is 2.40. The van der Waals surface area contributed by atoms with Crippen molar-refractivity contribution in [1.29, 1.82) is 0 Å². The van der Waals surface area contributed by atoms with Gasteiger partial charge in [-0.2, -0.15) is 4.37 Å². The number of benzene rings is 1. The molecular weight excluding hydrogens is 292 g/mol. The molecule has 0 saturated heterocycles. The first-order valence-corrected chi connectivity index (χ1v) is 5.91. The Morgan fingerprint density at radius 3 is 2.62 bits per heavy atom. The Labute approximate surface area is 104 Å². The van der Waals surface area contributed by atoms with Crippen LogP contribution in [0.25, 0.3) is 0 Å². The summed E-state index contributed by atoms with van der Waals surface area (Å²) in [6.45, 7) is 0. The van der Waals surface area contributed by atoms with Gasteiger partial charge in [0.05, 0.1) is 11.9 Å². The molecule has 0 spiro atoms. The van der Waals surface area contributed by atoms with E-state index in [2.05, 4.69) is 20.3 Å². The minimum Gasteiger partial charge on any atom is -0.422 e. The van der Waals surface area contributed by atoms with E-state index in [1.54, 1.807) is 24.3 Å². The molecule has 0 aliphatic rings. The minimum atomic E-state index is -0.484. The Morgan fingerprint density at radius 1 is 1.38 bits per heavy atom. The van der Waals surface area contributed by atoms with E-state index in [1.807, 2.05) is 0 Å². The highest BCUT2D eigenvalue weighted by Gasteiger charge is 2.14. The van der Waals surface area contributed by atoms with Crippen molar-refractivity contribution >= 4 is 39.1 Å². The van der Waals surface area contributed by atoms with Crippen LogP contribution in [0.5, 0.6) is 5.75 Å². The van der Waals surface area contributed by atoms with E-state index in [-0.39, 0.29) is 0 Å². The van der Waals surface area contributed by atoms with Gasteiger partial charge < -0.3 is 10.5 Å². The lowest BCUT2D eigenvalue weighted by Crippen LogP contribution is -2.08.